The summed E-state index contributed by atoms with van der Waals surface area (Å²) in [5.41, 5.74) is 11.5. The number of nitrogens with one attached hydrogen (secondary N) is 1. The van der Waals surface area contributed by atoms with E-state index in [9.17, 15) is 18.8 Å². The molecule has 0 amide bonds. The molecule has 5 N–H and O–H groups in total. The van der Waals surface area contributed by atoms with Crippen LogP contribution in [0.25, 0.3) is 10.9 Å². The van der Waals surface area contributed by atoms with E-state index in [1.54, 1.807) is 35.0 Å². The smallest absolute Gasteiger partial charge is 0.281 e. The molecule has 1 aromatic carbocycles. The molecule has 0 radical (unpaired) electrons. The van der Waals surface area contributed by atoms with Crippen molar-refractivity contribution in [3.63, 3.8) is 0 Å². The number of hydrogen-bond acceptors (Lipinski definition) is 10. The van der Waals surface area contributed by atoms with E-state index in [2.05, 4.69) is 20.3 Å². The Kier molecular flexibility index (Phi) is 6.86. The van der Waals surface area contributed by atoms with Crippen LogP contribution in [0.5, 0.6) is 0 Å². The number of fused-ring (bicyclic) bond motifs is 1. The minimum Gasteiger partial charge on any atom is -0.382 e. The van der Waals surface area contributed by atoms with Gasteiger partial charge in [0.25, 0.3) is 12.0 Å². The molecule has 184 valence electrons. The average molecular weight is 505 g/mol. The number of nitrogens with two attached hydrogens (primary N) is 2. The first-order chi connectivity index (χ1) is 16.7. The summed E-state index contributed by atoms with van der Waals surface area (Å²) < 4.78 is 27.1. The lowest BCUT2D eigenvalue weighted by atomic mass is 10.2. The van der Waals surface area contributed by atoms with Crippen molar-refractivity contribution in [3.05, 3.63) is 45.0 Å². The van der Waals surface area contributed by atoms with Gasteiger partial charge < -0.3 is 21.8 Å². The predicted octanol–water partition coefficient (Wildman–Crippen LogP) is 1.57. The molecule has 11 nitrogen and oxygen atoms in total. The molecule has 0 spiro atoms. The van der Waals surface area contributed by atoms with Gasteiger partial charge in [0.2, 0.25) is 5.95 Å². The summed E-state index contributed by atoms with van der Waals surface area (Å²) in [6.45, 7) is 2.73. The number of anilines is 3. The molecule has 1 unspecified atom stereocenters. The van der Waals surface area contributed by atoms with E-state index >= 15 is 0 Å². The topological polar surface area (TPSA) is 155 Å². The van der Waals surface area contributed by atoms with Gasteiger partial charge in [-0.2, -0.15) is 15.2 Å². The summed E-state index contributed by atoms with van der Waals surface area (Å²) in [4.78, 5) is 27.8. The molecule has 4 rings (SSSR count). The largest absolute Gasteiger partial charge is 0.382 e. The van der Waals surface area contributed by atoms with E-state index in [0.29, 0.717) is 37.5 Å². The van der Waals surface area contributed by atoms with Gasteiger partial charge in [0.15, 0.2) is 11.6 Å². The van der Waals surface area contributed by atoms with Crippen LogP contribution in [0.4, 0.5) is 26.4 Å². The number of piperazine rings is 1. The van der Waals surface area contributed by atoms with Gasteiger partial charge >= 0.3 is 0 Å². The lowest BCUT2D eigenvalue weighted by Gasteiger charge is -2.38. The summed E-state index contributed by atoms with van der Waals surface area (Å²) >= 11 is 6.33. The third kappa shape index (κ3) is 4.89. The van der Waals surface area contributed by atoms with Crippen LogP contribution in [0, 0.1) is 11.3 Å². The van der Waals surface area contributed by atoms with Gasteiger partial charge in [-0.15, -0.1) is 0 Å². The number of benzene rings is 1. The number of halogens is 3. The molecule has 3 aromatic rings. The van der Waals surface area contributed by atoms with Crippen molar-refractivity contribution < 1.29 is 8.78 Å². The molecule has 1 fully saturated rings. The number of aromatic nitrogens is 4. The maximum absolute atomic E-state index is 13.6. The molecule has 1 aliphatic heterocycles. The van der Waals surface area contributed by atoms with Crippen molar-refractivity contribution in [3.8, 4) is 6.07 Å². The van der Waals surface area contributed by atoms with Crippen molar-refractivity contribution in [2.24, 2.45) is 0 Å². The Morgan fingerprint density at radius 1 is 1.20 bits per heavy atom. The lowest BCUT2D eigenvalue weighted by Crippen LogP contribution is -2.56. The highest BCUT2D eigenvalue weighted by atomic mass is 35.5. The number of nitrogens with zero attached hydrogens (tertiary/aromatic N) is 7. The Morgan fingerprint density at radius 2 is 1.91 bits per heavy atom. The molecular weight excluding hydrogens is 482 g/mol. The minimum absolute atomic E-state index is 0.00407. The zero-order valence-electron chi connectivity index (χ0n) is 18.7. The van der Waals surface area contributed by atoms with Crippen LogP contribution in [0.15, 0.2) is 23.0 Å². The summed E-state index contributed by atoms with van der Waals surface area (Å²) in [6, 6.07) is 6.26. The summed E-state index contributed by atoms with van der Waals surface area (Å²) in [6.07, 6.45) is -2.44. The highest BCUT2D eigenvalue weighted by molar-refractivity contribution is 6.35. The van der Waals surface area contributed by atoms with Crippen LogP contribution in [0.1, 0.15) is 24.4 Å². The van der Waals surface area contributed by atoms with Gasteiger partial charge in [-0.05, 0) is 19.1 Å². The second kappa shape index (κ2) is 9.85. The molecule has 0 aliphatic carbocycles. The third-order valence-electron chi connectivity index (χ3n) is 5.68. The lowest BCUT2D eigenvalue weighted by molar-refractivity contribution is 0.0824. The van der Waals surface area contributed by atoms with E-state index in [1.165, 1.54) is 4.68 Å². The molecule has 2 aromatic heterocycles. The molecule has 0 saturated carbocycles. The number of rotatable bonds is 6. The molecule has 1 aliphatic rings. The van der Waals surface area contributed by atoms with Crippen LogP contribution in [-0.2, 0) is 0 Å². The van der Waals surface area contributed by atoms with Gasteiger partial charge in [-0.3, -0.25) is 9.69 Å². The molecule has 3 heterocycles. The Labute approximate surface area is 203 Å². The first-order valence-electron chi connectivity index (χ1n) is 10.8. The number of nitrogen functional groups attached to an aromatic ring is 2. The Balaban J connectivity index is 1.78. The maximum Gasteiger partial charge on any atom is 0.281 e. The monoisotopic (exact) mass is 504 g/mol. The van der Waals surface area contributed by atoms with Crippen molar-refractivity contribution in [1.29, 1.82) is 5.26 Å². The number of alkyl halides is 2. The summed E-state index contributed by atoms with van der Waals surface area (Å²) in [7, 11) is 0. The van der Waals surface area contributed by atoms with E-state index in [4.69, 9.17) is 23.1 Å². The number of nitriles is 1. The molecule has 0 bridgehead atoms. The van der Waals surface area contributed by atoms with Gasteiger partial charge in [0.1, 0.15) is 17.5 Å². The van der Waals surface area contributed by atoms with Crippen molar-refractivity contribution in [1.82, 2.24) is 24.5 Å². The zero-order chi connectivity index (χ0) is 25.3. The fraction of sp³-hybridized carbons (Fsp3) is 0.381. The highest BCUT2D eigenvalue weighted by Crippen LogP contribution is 2.25. The van der Waals surface area contributed by atoms with Crippen LogP contribution < -0.4 is 27.4 Å². The first-order valence-corrected chi connectivity index (χ1v) is 11.1. The molecular formula is C21H23ClF2N10O. The Bertz CT molecular complexity index is 1350. The second-order valence-corrected chi connectivity index (χ2v) is 8.44. The van der Waals surface area contributed by atoms with Crippen LogP contribution in [0.2, 0.25) is 5.02 Å². The Hall–Kier alpha value is -3.76. The first kappa shape index (κ1) is 24.4. The minimum atomic E-state index is -2.44. The van der Waals surface area contributed by atoms with Gasteiger partial charge in [0.05, 0.1) is 28.5 Å². The highest BCUT2D eigenvalue weighted by Gasteiger charge is 2.27. The van der Waals surface area contributed by atoms with Crippen molar-refractivity contribution >= 4 is 40.1 Å². The Morgan fingerprint density at radius 3 is 2.57 bits per heavy atom. The maximum atomic E-state index is 13.6. The van der Waals surface area contributed by atoms with E-state index < -0.39 is 18.0 Å². The molecule has 14 heteroatoms. The number of hydrogen-bond donors (Lipinski definition) is 3. The fourth-order valence-corrected chi connectivity index (χ4v) is 4.30. The normalized spacial score (nSPS) is 15.4. The third-order valence-corrected chi connectivity index (χ3v) is 6.00. The molecule has 1 atom stereocenters. The van der Waals surface area contributed by atoms with E-state index in [0.717, 1.165) is 0 Å². The zero-order valence-corrected chi connectivity index (χ0v) is 19.5. The summed E-state index contributed by atoms with van der Waals surface area (Å²) in [5, 5.41) is 14.8. The van der Waals surface area contributed by atoms with Gasteiger partial charge in [-0.1, -0.05) is 17.7 Å². The standard InChI is InChI=1S/C21H23ClF2N10O/c1-11(28-18-12(9-25)17(26)30-21(27)31-18)19-29-14-4-2-3-13(22)16(14)20(35)34(19)33-7-5-32(6-8-33)10-15(23)24/h2-4,11,15H,5-8,10H2,1H3,(H5,26,27,28,30,31). The van der Waals surface area contributed by atoms with Crippen LogP contribution in [0.3, 0.4) is 0 Å². The van der Waals surface area contributed by atoms with Crippen LogP contribution in [-0.4, -0.2) is 63.7 Å². The summed E-state index contributed by atoms with van der Waals surface area (Å²) in [5.74, 6) is 0.202. The SMILES string of the molecule is CC(Nc1nc(N)nc(N)c1C#N)c1nc2cccc(Cl)c2c(=O)n1N1CCN(CC(F)F)CC1. The predicted molar refractivity (Wildman–Crippen MR) is 129 cm³/mol. The van der Waals surface area contributed by atoms with E-state index in [-0.39, 0.29) is 40.1 Å². The van der Waals surface area contributed by atoms with Gasteiger partial charge in [0, 0.05) is 26.2 Å². The van der Waals surface area contributed by atoms with Crippen molar-refractivity contribution in [2.45, 2.75) is 19.4 Å². The fourth-order valence-electron chi connectivity index (χ4n) is 4.05. The van der Waals surface area contributed by atoms with E-state index in [1.807, 2.05) is 6.07 Å². The quantitative estimate of drug-likeness (QED) is 0.450. The average Bonchev–Trinajstić information content (AvgIpc) is 2.79. The second-order valence-electron chi connectivity index (χ2n) is 8.03. The van der Waals surface area contributed by atoms with Crippen molar-refractivity contribution in [2.75, 3.05) is 54.5 Å². The molecule has 35 heavy (non-hydrogen) atoms. The molecule has 1 saturated heterocycles. The van der Waals surface area contributed by atoms with Gasteiger partial charge in [-0.25, -0.2) is 18.4 Å². The van der Waals surface area contributed by atoms with Crippen LogP contribution >= 0.6 is 11.6 Å².